The van der Waals surface area contributed by atoms with Crippen LogP contribution in [0.15, 0.2) is 30.5 Å². The van der Waals surface area contributed by atoms with Gasteiger partial charge in [0.2, 0.25) is 0 Å². The summed E-state index contributed by atoms with van der Waals surface area (Å²) >= 11 is 5.02. The summed E-state index contributed by atoms with van der Waals surface area (Å²) in [6, 6.07) is 7.78. The molecule has 2 aromatic rings. The molecule has 2 N–H and O–H groups in total. The molecule has 0 unspecified atom stereocenters. The van der Waals surface area contributed by atoms with Crippen LogP contribution >= 0.6 is 12.2 Å². The molecule has 2 rings (SSSR count). The number of hydrogen-bond acceptors (Lipinski definition) is 3. The van der Waals surface area contributed by atoms with Crippen LogP contribution in [0, 0.1) is 0 Å². The van der Waals surface area contributed by atoms with E-state index < -0.39 is 0 Å². The van der Waals surface area contributed by atoms with Crippen LogP contribution in [0.25, 0.3) is 10.9 Å². The number of nitrogens with two attached hydrogens (primary N) is 1. The highest BCUT2D eigenvalue weighted by molar-refractivity contribution is 7.80. The number of fused-ring (bicyclic) bond motifs is 1. The van der Waals surface area contributed by atoms with Crippen LogP contribution in [-0.4, -0.2) is 16.1 Å². The Kier molecular flexibility index (Phi) is 3.24. The molecule has 88 valence electrons. The Balaban J connectivity index is 2.70. The Morgan fingerprint density at radius 2 is 2.06 bits per heavy atom. The first-order chi connectivity index (χ1) is 8.09. The number of nitrogens with zero attached hydrogens (tertiary/aromatic N) is 1. The van der Waals surface area contributed by atoms with Gasteiger partial charge in [-0.3, -0.25) is 4.98 Å². The quantitative estimate of drug-likeness (QED) is 0.846. The Hall–Kier alpha value is -1.68. The molecule has 1 heterocycles. The molecule has 3 nitrogen and oxygen atoms in total. The zero-order valence-electron chi connectivity index (χ0n) is 9.81. The zero-order valence-corrected chi connectivity index (χ0v) is 10.6. The maximum Gasteiger partial charge on any atom is 0.140 e. The molecule has 0 amide bonds. The first-order valence-electron chi connectivity index (χ1n) is 5.44. The third-order valence-electron chi connectivity index (χ3n) is 2.35. The van der Waals surface area contributed by atoms with Crippen LogP contribution in [-0.2, 0) is 0 Å². The Labute approximate surface area is 106 Å². The van der Waals surface area contributed by atoms with Gasteiger partial charge < -0.3 is 10.5 Å². The van der Waals surface area contributed by atoms with E-state index in [9.17, 15) is 0 Å². The van der Waals surface area contributed by atoms with Crippen molar-refractivity contribution in [1.29, 1.82) is 0 Å². The van der Waals surface area contributed by atoms with E-state index in [4.69, 9.17) is 22.7 Å². The van der Waals surface area contributed by atoms with Crippen molar-refractivity contribution in [3.8, 4) is 5.75 Å². The lowest BCUT2D eigenvalue weighted by Crippen LogP contribution is -2.15. The largest absolute Gasteiger partial charge is 0.490 e. The summed E-state index contributed by atoms with van der Waals surface area (Å²) < 4.78 is 5.81. The molecular formula is C13H14N2OS. The summed E-state index contributed by atoms with van der Waals surface area (Å²) in [5.41, 5.74) is 7.26. The van der Waals surface area contributed by atoms with Crippen molar-refractivity contribution in [2.24, 2.45) is 5.73 Å². The molecule has 4 heteroatoms. The van der Waals surface area contributed by atoms with Crippen LogP contribution in [0.5, 0.6) is 5.75 Å². The van der Waals surface area contributed by atoms with Gasteiger partial charge in [-0.25, -0.2) is 0 Å². The van der Waals surface area contributed by atoms with Crippen molar-refractivity contribution in [3.63, 3.8) is 0 Å². The molecule has 0 bridgehead atoms. The number of aromatic nitrogens is 1. The standard InChI is InChI=1S/C13H14N2OS/c1-8(2)16-12-9-5-3-4-6-11(9)15-7-10(12)13(14)17/h3-8H,1-2H3,(H2,14,17). The van der Waals surface area contributed by atoms with Crippen molar-refractivity contribution in [2.45, 2.75) is 20.0 Å². The smallest absolute Gasteiger partial charge is 0.140 e. The molecule has 0 radical (unpaired) electrons. The topological polar surface area (TPSA) is 48.1 Å². The van der Waals surface area contributed by atoms with Crippen LogP contribution < -0.4 is 10.5 Å². The minimum Gasteiger partial charge on any atom is -0.490 e. The third kappa shape index (κ3) is 2.36. The number of ether oxygens (including phenoxy) is 1. The number of benzene rings is 1. The average Bonchev–Trinajstić information content (AvgIpc) is 2.28. The van der Waals surface area contributed by atoms with E-state index in [1.807, 2.05) is 38.1 Å². The number of thiocarbonyl (C=S) groups is 1. The first kappa shape index (κ1) is 11.8. The van der Waals surface area contributed by atoms with Crippen molar-refractivity contribution >= 4 is 28.1 Å². The van der Waals surface area contributed by atoms with Crippen molar-refractivity contribution < 1.29 is 4.74 Å². The molecule has 17 heavy (non-hydrogen) atoms. The van der Waals surface area contributed by atoms with Gasteiger partial charge in [-0.05, 0) is 26.0 Å². The fourth-order valence-corrected chi connectivity index (χ4v) is 1.80. The lowest BCUT2D eigenvalue weighted by atomic mass is 10.1. The van der Waals surface area contributed by atoms with Crippen LogP contribution in [0.1, 0.15) is 19.4 Å². The van der Waals surface area contributed by atoms with Gasteiger partial charge in [0.05, 0.1) is 17.2 Å². The van der Waals surface area contributed by atoms with Gasteiger partial charge in [-0.2, -0.15) is 0 Å². The van der Waals surface area contributed by atoms with Crippen molar-refractivity contribution in [3.05, 3.63) is 36.0 Å². The van der Waals surface area contributed by atoms with Gasteiger partial charge in [0.25, 0.3) is 0 Å². The second-order valence-electron chi connectivity index (χ2n) is 4.05. The van der Waals surface area contributed by atoms with Gasteiger partial charge in [0, 0.05) is 11.6 Å². The molecule has 0 aliphatic carbocycles. The van der Waals surface area contributed by atoms with Gasteiger partial charge >= 0.3 is 0 Å². The second-order valence-corrected chi connectivity index (χ2v) is 4.49. The molecule has 0 atom stereocenters. The number of para-hydroxylation sites is 1. The van der Waals surface area contributed by atoms with E-state index in [1.54, 1.807) is 6.20 Å². The molecule has 0 spiro atoms. The van der Waals surface area contributed by atoms with Gasteiger partial charge in [-0.1, -0.05) is 24.4 Å². The summed E-state index contributed by atoms with van der Waals surface area (Å²) in [4.78, 5) is 4.63. The van der Waals surface area contributed by atoms with E-state index >= 15 is 0 Å². The Morgan fingerprint density at radius 1 is 1.35 bits per heavy atom. The molecule has 0 saturated heterocycles. The van der Waals surface area contributed by atoms with E-state index in [-0.39, 0.29) is 6.10 Å². The van der Waals surface area contributed by atoms with Gasteiger partial charge in [0.15, 0.2) is 0 Å². The van der Waals surface area contributed by atoms with Crippen LogP contribution in [0.3, 0.4) is 0 Å². The van der Waals surface area contributed by atoms with Crippen LogP contribution in [0.2, 0.25) is 0 Å². The number of pyridine rings is 1. The first-order valence-corrected chi connectivity index (χ1v) is 5.84. The van der Waals surface area contributed by atoms with E-state index in [0.717, 1.165) is 16.7 Å². The third-order valence-corrected chi connectivity index (χ3v) is 2.56. The molecule has 1 aromatic carbocycles. The number of hydrogen-bond donors (Lipinski definition) is 1. The van der Waals surface area contributed by atoms with Crippen LogP contribution in [0.4, 0.5) is 0 Å². The van der Waals surface area contributed by atoms with Crippen molar-refractivity contribution in [1.82, 2.24) is 4.98 Å². The Bertz CT molecular complexity index is 566. The molecule has 1 aromatic heterocycles. The summed E-state index contributed by atoms with van der Waals surface area (Å²) in [5, 5.41) is 0.937. The van der Waals surface area contributed by atoms with E-state index in [0.29, 0.717) is 10.6 Å². The second kappa shape index (κ2) is 4.67. The molecule has 0 fully saturated rings. The molecule has 0 aliphatic heterocycles. The molecule has 0 aliphatic rings. The fourth-order valence-electron chi connectivity index (χ4n) is 1.65. The minimum atomic E-state index is 0.0638. The highest BCUT2D eigenvalue weighted by Gasteiger charge is 2.13. The number of rotatable bonds is 3. The Morgan fingerprint density at radius 3 is 2.71 bits per heavy atom. The minimum absolute atomic E-state index is 0.0638. The van der Waals surface area contributed by atoms with E-state index in [2.05, 4.69) is 4.98 Å². The maximum absolute atomic E-state index is 5.81. The van der Waals surface area contributed by atoms with E-state index in [1.165, 1.54) is 0 Å². The maximum atomic E-state index is 5.81. The predicted octanol–water partition coefficient (Wildman–Crippen LogP) is 2.66. The summed E-state index contributed by atoms with van der Waals surface area (Å²) in [6.45, 7) is 3.94. The lowest BCUT2D eigenvalue weighted by Gasteiger charge is -2.15. The molecule has 0 saturated carbocycles. The zero-order chi connectivity index (χ0) is 12.4. The normalized spacial score (nSPS) is 10.8. The average molecular weight is 246 g/mol. The highest BCUT2D eigenvalue weighted by atomic mass is 32.1. The van der Waals surface area contributed by atoms with Crippen molar-refractivity contribution in [2.75, 3.05) is 0 Å². The van der Waals surface area contributed by atoms with Gasteiger partial charge in [-0.15, -0.1) is 0 Å². The summed E-state index contributed by atoms with van der Waals surface area (Å²) in [6.07, 6.45) is 1.73. The fraction of sp³-hybridized carbons (Fsp3) is 0.231. The van der Waals surface area contributed by atoms with Gasteiger partial charge in [0.1, 0.15) is 10.7 Å². The predicted molar refractivity (Wildman–Crippen MR) is 73.4 cm³/mol. The lowest BCUT2D eigenvalue weighted by molar-refractivity contribution is 0.245. The molecular weight excluding hydrogens is 232 g/mol. The monoisotopic (exact) mass is 246 g/mol. The highest BCUT2D eigenvalue weighted by Crippen LogP contribution is 2.29. The SMILES string of the molecule is CC(C)Oc1c(C(N)=S)cnc2ccccc12. The summed E-state index contributed by atoms with van der Waals surface area (Å²) in [5.74, 6) is 0.720. The summed E-state index contributed by atoms with van der Waals surface area (Å²) in [7, 11) is 0.